The molecule has 2 N–H and O–H groups in total. The molecular formula is C11H14FN. The third kappa shape index (κ3) is 1.35. The number of hydrogen-bond donors (Lipinski definition) is 1. The number of aryl methyl sites for hydroxylation is 1. The molecule has 1 aromatic carbocycles. The van der Waals surface area contributed by atoms with Gasteiger partial charge in [0, 0.05) is 5.54 Å². The lowest BCUT2D eigenvalue weighted by atomic mass is 9.71. The Morgan fingerprint density at radius 3 is 2.54 bits per heavy atom. The highest BCUT2D eigenvalue weighted by Crippen LogP contribution is 2.39. The summed E-state index contributed by atoms with van der Waals surface area (Å²) in [7, 11) is 0. The third-order valence-electron chi connectivity index (χ3n) is 2.97. The summed E-state index contributed by atoms with van der Waals surface area (Å²) in [5.74, 6) is -0.177. The molecule has 0 aliphatic heterocycles. The summed E-state index contributed by atoms with van der Waals surface area (Å²) in [5.41, 5.74) is 8.07. The van der Waals surface area contributed by atoms with Crippen LogP contribution in [0.3, 0.4) is 0 Å². The van der Waals surface area contributed by atoms with Crippen LogP contribution in [-0.2, 0) is 5.54 Å². The first-order chi connectivity index (χ1) is 6.12. The summed E-state index contributed by atoms with van der Waals surface area (Å²) in [6.07, 6.45) is 3.24. The predicted octanol–water partition coefficient (Wildman–Crippen LogP) is 2.47. The van der Waals surface area contributed by atoms with Gasteiger partial charge in [0.05, 0.1) is 0 Å². The molecule has 70 valence electrons. The fraction of sp³-hybridized carbons (Fsp3) is 0.455. The molecule has 0 spiro atoms. The molecule has 1 aliphatic carbocycles. The van der Waals surface area contributed by atoms with Crippen LogP contribution in [0.2, 0.25) is 0 Å². The maximum Gasteiger partial charge on any atom is 0.123 e. The Morgan fingerprint density at radius 2 is 2.08 bits per heavy atom. The summed E-state index contributed by atoms with van der Waals surface area (Å²) < 4.78 is 12.8. The Hall–Kier alpha value is -0.890. The van der Waals surface area contributed by atoms with Crippen molar-refractivity contribution in [3.63, 3.8) is 0 Å². The lowest BCUT2D eigenvalue weighted by Gasteiger charge is -2.39. The summed E-state index contributed by atoms with van der Waals surface area (Å²) in [6, 6.07) is 4.88. The monoisotopic (exact) mass is 179 g/mol. The highest BCUT2D eigenvalue weighted by Gasteiger charge is 2.35. The lowest BCUT2D eigenvalue weighted by molar-refractivity contribution is 0.252. The minimum absolute atomic E-state index is 0.169. The van der Waals surface area contributed by atoms with Crippen LogP contribution in [-0.4, -0.2) is 0 Å². The fourth-order valence-electron chi connectivity index (χ4n) is 2.01. The van der Waals surface area contributed by atoms with E-state index in [9.17, 15) is 4.39 Å². The maximum absolute atomic E-state index is 12.8. The standard InChI is InChI=1S/C11H14FN/c1-8-7-9(12)3-4-10(8)11(13)5-2-6-11/h3-4,7H,2,5-6,13H2,1H3. The lowest BCUT2D eigenvalue weighted by Crippen LogP contribution is -2.43. The summed E-state index contributed by atoms with van der Waals surface area (Å²) >= 11 is 0. The highest BCUT2D eigenvalue weighted by molar-refractivity contribution is 5.34. The molecule has 0 radical (unpaired) electrons. The molecule has 0 amide bonds. The molecule has 0 atom stereocenters. The Kier molecular flexibility index (Phi) is 1.88. The van der Waals surface area contributed by atoms with Crippen molar-refractivity contribution < 1.29 is 4.39 Å². The molecule has 1 saturated carbocycles. The summed E-state index contributed by atoms with van der Waals surface area (Å²) in [5, 5.41) is 0. The molecule has 0 unspecified atom stereocenters. The zero-order valence-electron chi connectivity index (χ0n) is 7.81. The van der Waals surface area contributed by atoms with E-state index in [1.54, 1.807) is 6.07 Å². The van der Waals surface area contributed by atoms with Gasteiger partial charge in [0.15, 0.2) is 0 Å². The molecular weight excluding hydrogens is 165 g/mol. The average molecular weight is 179 g/mol. The minimum Gasteiger partial charge on any atom is -0.321 e. The first kappa shape index (κ1) is 8.70. The first-order valence-electron chi connectivity index (χ1n) is 4.67. The van der Waals surface area contributed by atoms with Crippen molar-refractivity contribution in [2.75, 3.05) is 0 Å². The van der Waals surface area contributed by atoms with Crippen LogP contribution in [0.15, 0.2) is 18.2 Å². The number of benzene rings is 1. The van der Waals surface area contributed by atoms with Gasteiger partial charge in [-0.25, -0.2) is 4.39 Å². The molecule has 0 saturated heterocycles. The highest BCUT2D eigenvalue weighted by atomic mass is 19.1. The topological polar surface area (TPSA) is 26.0 Å². The zero-order valence-corrected chi connectivity index (χ0v) is 7.81. The van der Waals surface area contributed by atoms with E-state index in [1.165, 1.54) is 12.5 Å². The molecule has 13 heavy (non-hydrogen) atoms. The second-order valence-corrected chi connectivity index (χ2v) is 3.97. The molecule has 0 bridgehead atoms. The SMILES string of the molecule is Cc1cc(F)ccc1C1(N)CCC1. The van der Waals surface area contributed by atoms with Crippen molar-refractivity contribution in [1.82, 2.24) is 0 Å². The van der Waals surface area contributed by atoms with E-state index in [-0.39, 0.29) is 11.4 Å². The Morgan fingerprint density at radius 1 is 1.38 bits per heavy atom. The van der Waals surface area contributed by atoms with Gasteiger partial charge in [-0.2, -0.15) is 0 Å². The van der Waals surface area contributed by atoms with E-state index in [1.807, 2.05) is 13.0 Å². The van der Waals surface area contributed by atoms with Crippen molar-refractivity contribution in [2.45, 2.75) is 31.7 Å². The molecule has 0 heterocycles. The molecule has 1 fully saturated rings. The largest absolute Gasteiger partial charge is 0.321 e. The van der Waals surface area contributed by atoms with E-state index in [0.717, 1.165) is 24.0 Å². The van der Waals surface area contributed by atoms with Crippen LogP contribution < -0.4 is 5.73 Å². The number of hydrogen-bond acceptors (Lipinski definition) is 1. The van der Waals surface area contributed by atoms with E-state index >= 15 is 0 Å². The van der Waals surface area contributed by atoms with Gasteiger partial charge in [0.2, 0.25) is 0 Å². The minimum atomic E-state index is -0.177. The van der Waals surface area contributed by atoms with Gasteiger partial charge in [0.25, 0.3) is 0 Å². The van der Waals surface area contributed by atoms with Gasteiger partial charge >= 0.3 is 0 Å². The quantitative estimate of drug-likeness (QED) is 0.704. The molecule has 2 heteroatoms. The van der Waals surface area contributed by atoms with E-state index < -0.39 is 0 Å². The molecule has 1 nitrogen and oxygen atoms in total. The van der Waals surface area contributed by atoms with E-state index in [4.69, 9.17) is 5.73 Å². The Balaban J connectivity index is 2.40. The second kappa shape index (κ2) is 2.81. The van der Waals surface area contributed by atoms with Crippen molar-refractivity contribution in [2.24, 2.45) is 5.73 Å². The van der Waals surface area contributed by atoms with Crippen molar-refractivity contribution in [3.8, 4) is 0 Å². The van der Waals surface area contributed by atoms with Gasteiger partial charge in [0.1, 0.15) is 5.82 Å². The molecule has 1 aliphatic rings. The zero-order chi connectivity index (χ0) is 9.47. The Labute approximate surface area is 77.8 Å². The van der Waals surface area contributed by atoms with Gasteiger partial charge in [-0.1, -0.05) is 6.07 Å². The normalized spacial score (nSPS) is 19.6. The van der Waals surface area contributed by atoms with Crippen molar-refractivity contribution >= 4 is 0 Å². The Bertz CT molecular complexity index is 329. The van der Waals surface area contributed by atoms with E-state index in [0.29, 0.717) is 0 Å². The van der Waals surface area contributed by atoms with Gasteiger partial charge in [-0.05, 0) is 49.4 Å². The predicted molar refractivity (Wildman–Crippen MR) is 50.9 cm³/mol. The number of nitrogens with two attached hydrogens (primary N) is 1. The van der Waals surface area contributed by atoms with Gasteiger partial charge < -0.3 is 5.73 Å². The number of halogens is 1. The third-order valence-corrected chi connectivity index (χ3v) is 2.97. The van der Waals surface area contributed by atoms with Crippen molar-refractivity contribution in [1.29, 1.82) is 0 Å². The van der Waals surface area contributed by atoms with Crippen LogP contribution in [0.5, 0.6) is 0 Å². The summed E-state index contributed by atoms with van der Waals surface area (Å²) in [4.78, 5) is 0. The van der Waals surface area contributed by atoms with Crippen molar-refractivity contribution in [3.05, 3.63) is 35.1 Å². The van der Waals surface area contributed by atoms with E-state index in [2.05, 4.69) is 0 Å². The smallest absolute Gasteiger partial charge is 0.123 e. The molecule has 2 rings (SSSR count). The average Bonchev–Trinajstić information content (AvgIpc) is 2.00. The van der Waals surface area contributed by atoms with Crippen LogP contribution in [0, 0.1) is 12.7 Å². The summed E-state index contributed by atoms with van der Waals surface area (Å²) in [6.45, 7) is 1.92. The molecule has 0 aromatic heterocycles. The van der Waals surface area contributed by atoms with Gasteiger partial charge in [-0.3, -0.25) is 0 Å². The van der Waals surface area contributed by atoms with Crippen LogP contribution >= 0.6 is 0 Å². The maximum atomic E-state index is 12.8. The first-order valence-corrected chi connectivity index (χ1v) is 4.67. The van der Waals surface area contributed by atoms with Crippen LogP contribution in [0.1, 0.15) is 30.4 Å². The number of rotatable bonds is 1. The van der Waals surface area contributed by atoms with Gasteiger partial charge in [-0.15, -0.1) is 0 Å². The van der Waals surface area contributed by atoms with Crippen LogP contribution in [0.4, 0.5) is 4.39 Å². The second-order valence-electron chi connectivity index (χ2n) is 3.97. The molecule has 1 aromatic rings. The fourth-order valence-corrected chi connectivity index (χ4v) is 2.01. The van der Waals surface area contributed by atoms with Crippen LogP contribution in [0.25, 0.3) is 0 Å².